The highest BCUT2D eigenvalue weighted by atomic mass is 14.8. The first-order valence-electron chi connectivity index (χ1n) is 4.25. The van der Waals surface area contributed by atoms with Crippen LogP contribution in [0, 0.1) is 5.92 Å². The molecule has 0 saturated heterocycles. The Kier molecular flexibility index (Phi) is 1.73. The molecule has 0 radical (unpaired) electrons. The number of nitrogens with two attached hydrogens (primary N) is 2. The molecule has 1 aliphatic rings. The normalized spacial score (nSPS) is 19.1. The van der Waals surface area contributed by atoms with Crippen molar-refractivity contribution < 1.29 is 0 Å². The number of hydrogen-bond donors (Lipinski definition) is 2. The fourth-order valence-corrected chi connectivity index (χ4v) is 1.39. The summed E-state index contributed by atoms with van der Waals surface area (Å²) in [5.41, 5.74) is 13.3. The number of anilines is 1. The number of nitrogen functional groups attached to an aromatic ring is 1. The number of pyridine rings is 1. The van der Waals surface area contributed by atoms with E-state index in [0.29, 0.717) is 5.92 Å². The molecule has 0 aromatic carbocycles. The molecule has 0 aliphatic heterocycles. The second kappa shape index (κ2) is 2.75. The van der Waals surface area contributed by atoms with Crippen LogP contribution in [0.4, 0.5) is 5.69 Å². The van der Waals surface area contributed by atoms with Crippen LogP contribution in [-0.2, 0) is 0 Å². The van der Waals surface area contributed by atoms with E-state index in [1.807, 2.05) is 12.1 Å². The lowest BCUT2D eigenvalue weighted by Crippen LogP contribution is -2.15. The molecule has 2 rings (SSSR count). The van der Waals surface area contributed by atoms with Gasteiger partial charge in [-0.15, -0.1) is 0 Å². The van der Waals surface area contributed by atoms with Gasteiger partial charge in [-0.05, 0) is 30.9 Å². The lowest BCUT2D eigenvalue weighted by atomic mass is 10.1. The van der Waals surface area contributed by atoms with Gasteiger partial charge in [-0.3, -0.25) is 4.98 Å². The average Bonchev–Trinajstić information content (AvgIpc) is 2.86. The van der Waals surface area contributed by atoms with Crippen LogP contribution in [0.25, 0.3) is 0 Å². The smallest absolute Gasteiger partial charge is 0.0802 e. The summed E-state index contributed by atoms with van der Waals surface area (Å²) in [4.78, 5) is 4.19. The highest BCUT2D eigenvalue weighted by Gasteiger charge is 2.31. The Balaban J connectivity index is 2.25. The Morgan fingerprint density at radius 1 is 1.50 bits per heavy atom. The molecular weight excluding hydrogens is 150 g/mol. The highest BCUT2D eigenvalue weighted by molar-refractivity contribution is 5.44. The topological polar surface area (TPSA) is 64.9 Å². The second-order valence-corrected chi connectivity index (χ2v) is 3.34. The van der Waals surface area contributed by atoms with Crippen LogP contribution in [0.5, 0.6) is 0 Å². The van der Waals surface area contributed by atoms with Gasteiger partial charge < -0.3 is 11.5 Å². The summed E-state index contributed by atoms with van der Waals surface area (Å²) in [5.74, 6) is 0.613. The maximum Gasteiger partial charge on any atom is 0.0802 e. The molecular formula is C9H13N3. The Hall–Kier alpha value is -1.09. The molecule has 1 aliphatic carbocycles. The molecule has 0 unspecified atom stereocenters. The standard InChI is InChI=1S/C9H13N3/c10-7-2-1-5-12-9(7)8(11)6-3-4-6/h1-2,5-6,8H,3-4,10-11H2/t8-/m0/s1. The molecule has 1 heterocycles. The summed E-state index contributed by atoms with van der Waals surface area (Å²) >= 11 is 0. The lowest BCUT2D eigenvalue weighted by molar-refractivity contribution is 0.617. The van der Waals surface area contributed by atoms with Gasteiger partial charge in [0.2, 0.25) is 0 Å². The van der Waals surface area contributed by atoms with Crippen LogP contribution in [-0.4, -0.2) is 4.98 Å². The third-order valence-electron chi connectivity index (χ3n) is 2.32. The van der Waals surface area contributed by atoms with Crippen LogP contribution in [0.3, 0.4) is 0 Å². The van der Waals surface area contributed by atoms with Crippen molar-refractivity contribution in [2.75, 3.05) is 5.73 Å². The van der Waals surface area contributed by atoms with Crippen molar-refractivity contribution >= 4 is 5.69 Å². The predicted molar refractivity (Wildman–Crippen MR) is 48.3 cm³/mol. The minimum absolute atomic E-state index is 0.0474. The molecule has 1 aromatic heterocycles. The van der Waals surface area contributed by atoms with Crippen LogP contribution < -0.4 is 11.5 Å². The summed E-state index contributed by atoms with van der Waals surface area (Å²) in [6, 6.07) is 3.73. The molecule has 1 atom stereocenters. The van der Waals surface area contributed by atoms with E-state index in [9.17, 15) is 0 Å². The molecule has 12 heavy (non-hydrogen) atoms. The van der Waals surface area contributed by atoms with E-state index in [-0.39, 0.29) is 6.04 Å². The largest absolute Gasteiger partial charge is 0.397 e. The first kappa shape index (κ1) is 7.55. The minimum atomic E-state index is 0.0474. The molecule has 64 valence electrons. The number of aromatic nitrogens is 1. The Morgan fingerprint density at radius 2 is 2.25 bits per heavy atom. The molecule has 1 aromatic rings. The van der Waals surface area contributed by atoms with Gasteiger partial charge in [-0.2, -0.15) is 0 Å². The molecule has 3 nitrogen and oxygen atoms in total. The first-order chi connectivity index (χ1) is 5.79. The van der Waals surface area contributed by atoms with E-state index in [1.54, 1.807) is 6.20 Å². The lowest BCUT2D eigenvalue weighted by Gasteiger charge is -2.11. The van der Waals surface area contributed by atoms with E-state index < -0.39 is 0 Å². The summed E-state index contributed by atoms with van der Waals surface area (Å²) in [5, 5.41) is 0. The minimum Gasteiger partial charge on any atom is -0.397 e. The number of nitrogens with zero attached hydrogens (tertiary/aromatic N) is 1. The van der Waals surface area contributed by atoms with Crippen molar-refractivity contribution in [1.29, 1.82) is 0 Å². The molecule has 0 amide bonds. The number of hydrogen-bond acceptors (Lipinski definition) is 3. The zero-order valence-electron chi connectivity index (χ0n) is 6.90. The quantitative estimate of drug-likeness (QED) is 0.685. The SMILES string of the molecule is Nc1cccnc1[C@@H](N)C1CC1. The Morgan fingerprint density at radius 3 is 2.83 bits per heavy atom. The van der Waals surface area contributed by atoms with Crippen LogP contribution >= 0.6 is 0 Å². The van der Waals surface area contributed by atoms with Gasteiger partial charge in [0.1, 0.15) is 0 Å². The van der Waals surface area contributed by atoms with Crippen LogP contribution in [0.1, 0.15) is 24.6 Å². The maximum absolute atomic E-state index is 5.96. The Bertz CT molecular complexity index is 281. The summed E-state index contributed by atoms with van der Waals surface area (Å²) in [6.07, 6.45) is 4.18. The van der Waals surface area contributed by atoms with E-state index in [0.717, 1.165) is 11.4 Å². The zero-order chi connectivity index (χ0) is 8.55. The van der Waals surface area contributed by atoms with Gasteiger partial charge in [0.05, 0.1) is 17.4 Å². The molecule has 0 spiro atoms. The fourth-order valence-electron chi connectivity index (χ4n) is 1.39. The molecule has 1 fully saturated rings. The fraction of sp³-hybridized carbons (Fsp3) is 0.444. The van der Waals surface area contributed by atoms with E-state index in [2.05, 4.69) is 4.98 Å². The van der Waals surface area contributed by atoms with Crippen molar-refractivity contribution in [3.05, 3.63) is 24.0 Å². The van der Waals surface area contributed by atoms with Crippen molar-refractivity contribution in [2.45, 2.75) is 18.9 Å². The van der Waals surface area contributed by atoms with Crippen molar-refractivity contribution in [3.63, 3.8) is 0 Å². The van der Waals surface area contributed by atoms with E-state index in [4.69, 9.17) is 11.5 Å². The Labute approximate surface area is 71.8 Å². The van der Waals surface area contributed by atoms with Gasteiger partial charge >= 0.3 is 0 Å². The predicted octanol–water partition coefficient (Wildman–Crippen LogP) is 1.07. The van der Waals surface area contributed by atoms with Gasteiger partial charge in [0.15, 0.2) is 0 Å². The maximum atomic E-state index is 5.96. The average molecular weight is 163 g/mol. The van der Waals surface area contributed by atoms with E-state index in [1.165, 1.54) is 12.8 Å². The zero-order valence-corrected chi connectivity index (χ0v) is 6.90. The van der Waals surface area contributed by atoms with Crippen LogP contribution in [0.2, 0.25) is 0 Å². The summed E-state index contributed by atoms with van der Waals surface area (Å²) < 4.78 is 0. The van der Waals surface area contributed by atoms with Gasteiger partial charge in [-0.1, -0.05) is 0 Å². The highest BCUT2D eigenvalue weighted by Crippen LogP contribution is 2.39. The van der Waals surface area contributed by atoms with Crippen LogP contribution in [0.15, 0.2) is 18.3 Å². The van der Waals surface area contributed by atoms with Gasteiger partial charge in [0.25, 0.3) is 0 Å². The number of rotatable bonds is 2. The molecule has 1 saturated carbocycles. The molecule has 4 N–H and O–H groups in total. The summed E-state index contributed by atoms with van der Waals surface area (Å²) in [7, 11) is 0. The summed E-state index contributed by atoms with van der Waals surface area (Å²) in [6.45, 7) is 0. The first-order valence-corrected chi connectivity index (χ1v) is 4.25. The molecule has 0 bridgehead atoms. The monoisotopic (exact) mass is 163 g/mol. The van der Waals surface area contributed by atoms with E-state index >= 15 is 0 Å². The van der Waals surface area contributed by atoms with Crippen molar-refractivity contribution in [3.8, 4) is 0 Å². The third kappa shape index (κ3) is 1.28. The third-order valence-corrected chi connectivity index (χ3v) is 2.32. The molecule has 3 heteroatoms. The van der Waals surface area contributed by atoms with Crippen molar-refractivity contribution in [2.24, 2.45) is 11.7 Å². The van der Waals surface area contributed by atoms with Gasteiger partial charge in [0, 0.05) is 6.20 Å². The second-order valence-electron chi connectivity index (χ2n) is 3.34. The van der Waals surface area contributed by atoms with Crippen molar-refractivity contribution in [1.82, 2.24) is 4.98 Å². The van der Waals surface area contributed by atoms with Gasteiger partial charge in [-0.25, -0.2) is 0 Å².